The van der Waals surface area contributed by atoms with Crippen molar-refractivity contribution < 1.29 is 19.4 Å². The molecule has 2 aliphatic heterocycles. The summed E-state index contributed by atoms with van der Waals surface area (Å²) < 4.78 is 10.6. The van der Waals surface area contributed by atoms with Crippen LogP contribution in [0.5, 0.6) is 0 Å². The molecule has 4 nitrogen and oxygen atoms in total. The van der Waals surface area contributed by atoms with Gasteiger partial charge in [0.15, 0.2) is 0 Å². The van der Waals surface area contributed by atoms with E-state index in [-0.39, 0.29) is 30.5 Å². The number of hydrogen-bond acceptors (Lipinski definition) is 6. The first-order chi connectivity index (χ1) is 9.24. The Bertz CT molecular complexity index is 300. The average molecular weight is 306 g/mol. The van der Waals surface area contributed by atoms with Crippen LogP contribution < -0.4 is 0 Å². The third-order valence-corrected chi connectivity index (χ3v) is 6.02. The van der Waals surface area contributed by atoms with Crippen LogP contribution in [-0.2, 0) is 14.3 Å². The lowest BCUT2D eigenvalue weighted by Gasteiger charge is -2.37. The first-order valence-corrected chi connectivity index (χ1v) is 9.01. The smallest absolute Gasteiger partial charge is 0.146 e. The molecule has 110 valence electrons. The van der Waals surface area contributed by atoms with Gasteiger partial charge in [-0.05, 0) is 12.2 Å². The van der Waals surface area contributed by atoms with Gasteiger partial charge in [-0.15, -0.1) is 0 Å². The number of hydrogen-bond donors (Lipinski definition) is 1. The van der Waals surface area contributed by atoms with Gasteiger partial charge < -0.3 is 14.6 Å². The first kappa shape index (κ1) is 15.6. The molecule has 4 atom stereocenters. The molecule has 2 fully saturated rings. The maximum absolute atomic E-state index is 12.0. The molecule has 2 aliphatic rings. The molecule has 6 heteroatoms. The van der Waals surface area contributed by atoms with Crippen molar-refractivity contribution in [1.29, 1.82) is 0 Å². The minimum atomic E-state index is -0.574. The molecular weight excluding hydrogens is 284 g/mol. The Morgan fingerprint density at radius 1 is 1.37 bits per heavy atom. The Hall–Kier alpha value is 0.250. The van der Waals surface area contributed by atoms with Crippen LogP contribution in [0.15, 0.2) is 0 Å². The predicted octanol–water partition coefficient (Wildman–Crippen LogP) is 1.41. The number of rotatable bonds is 5. The fraction of sp³-hybridized carbons (Fsp3) is 0.923. The molecule has 0 unspecified atom stereocenters. The summed E-state index contributed by atoms with van der Waals surface area (Å²) in [6, 6.07) is 0. The zero-order chi connectivity index (χ0) is 13.7. The Kier molecular flexibility index (Phi) is 6.49. The lowest BCUT2D eigenvalue weighted by Crippen LogP contribution is -2.46. The van der Waals surface area contributed by atoms with Gasteiger partial charge in [-0.1, -0.05) is 0 Å². The van der Waals surface area contributed by atoms with Crippen molar-refractivity contribution in [3.63, 3.8) is 0 Å². The van der Waals surface area contributed by atoms with Crippen LogP contribution in [0.4, 0.5) is 0 Å². The van der Waals surface area contributed by atoms with E-state index in [0.717, 1.165) is 29.4 Å². The molecule has 2 rings (SSSR count). The SMILES string of the molecule is COCO[C@H]1CCSC[C@@H]1[C@@H](O)[C@@H]1CSCCC1=O. The van der Waals surface area contributed by atoms with Gasteiger partial charge in [-0.25, -0.2) is 0 Å². The van der Waals surface area contributed by atoms with E-state index in [1.807, 2.05) is 11.8 Å². The molecule has 1 N–H and O–H groups in total. The van der Waals surface area contributed by atoms with Crippen molar-refractivity contribution in [2.75, 3.05) is 36.9 Å². The van der Waals surface area contributed by atoms with Gasteiger partial charge in [0, 0.05) is 36.7 Å². The Morgan fingerprint density at radius 3 is 2.89 bits per heavy atom. The molecule has 2 heterocycles. The molecule has 0 spiro atoms. The third-order valence-electron chi connectivity index (χ3n) is 3.79. The Morgan fingerprint density at radius 2 is 2.16 bits per heavy atom. The summed E-state index contributed by atoms with van der Waals surface area (Å²) in [7, 11) is 1.60. The summed E-state index contributed by atoms with van der Waals surface area (Å²) in [6.45, 7) is 0.256. The Labute approximate surface area is 123 Å². The van der Waals surface area contributed by atoms with Gasteiger partial charge in [0.1, 0.15) is 12.6 Å². The number of ether oxygens (including phenoxy) is 2. The molecule has 0 amide bonds. The zero-order valence-electron chi connectivity index (χ0n) is 11.2. The second-order valence-electron chi connectivity index (χ2n) is 5.03. The monoisotopic (exact) mass is 306 g/mol. The fourth-order valence-corrected chi connectivity index (χ4v) is 5.07. The molecule has 0 saturated carbocycles. The van der Waals surface area contributed by atoms with Gasteiger partial charge >= 0.3 is 0 Å². The van der Waals surface area contributed by atoms with Crippen molar-refractivity contribution in [2.45, 2.75) is 25.0 Å². The number of aliphatic hydroxyl groups excluding tert-OH is 1. The minimum Gasteiger partial charge on any atom is -0.392 e. The highest BCUT2D eigenvalue weighted by atomic mass is 32.2. The van der Waals surface area contributed by atoms with Crippen molar-refractivity contribution >= 4 is 29.3 Å². The maximum atomic E-state index is 12.0. The number of carbonyl (C=O) groups is 1. The highest BCUT2D eigenvalue weighted by Gasteiger charge is 2.39. The molecule has 0 aromatic carbocycles. The number of Topliss-reactive ketones (excluding diaryl/α,β-unsaturated/α-hetero) is 1. The summed E-state index contributed by atoms with van der Waals surface area (Å²) in [4.78, 5) is 12.0. The minimum absolute atomic E-state index is 0.0101. The van der Waals surface area contributed by atoms with Gasteiger partial charge in [0.25, 0.3) is 0 Å². The zero-order valence-corrected chi connectivity index (χ0v) is 12.9. The fourth-order valence-electron chi connectivity index (χ4n) is 2.67. The molecule has 2 saturated heterocycles. The van der Waals surface area contributed by atoms with Gasteiger partial charge in [0.2, 0.25) is 0 Å². The third kappa shape index (κ3) is 4.11. The summed E-state index contributed by atoms with van der Waals surface area (Å²) in [5.41, 5.74) is 0. The maximum Gasteiger partial charge on any atom is 0.146 e. The van der Waals surface area contributed by atoms with E-state index in [9.17, 15) is 9.90 Å². The van der Waals surface area contributed by atoms with Gasteiger partial charge in [0.05, 0.1) is 18.1 Å². The number of aliphatic hydroxyl groups is 1. The van der Waals surface area contributed by atoms with E-state index in [2.05, 4.69) is 0 Å². The predicted molar refractivity (Wildman–Crippen MR) is 78.6 cm³/mol. The number of methoxy groups -OCH3 is 1. The largest absolute Gasteiger partial charge is 0.392 e. The lowest BCUT2D eigenvalue weighted by atomic mass is 9.84. The number of carbonyl (C=O) groups excluding carboxylic acids is 1. The number of ketones is 1. The van der Waals surface area contributed by atoms with Crippen LogP contribution in [0.1, 0.15) is 12.8 Å². The molecule has 0 aliphatic carbocycles. The van der Waals surface area contributed by atoms with Crippen molar-refractivity contribution in [2.24, 2.45) is 11.8 Å². The molecule has 0 aromatic rings. The van der Waals surface area contributed by atoms with Crippen LogP contribution in [0.3, 0.4) is 0 Å². The second kappa shape index (κ2) is 7.88. The summed E-state index contributed by atoms with van der Waals surface area (Å²) in [5, 5.41) is 10.6. The molecule has 0 bridgehead atoms. The van der Waals surface area contributed by atoms with Crippen LogP contribution in [0, 0.1) is 11.8 Å². The summed E-state index contributed by atoms with van der Waals surface area (Å²) in [5.74, 6) is 3.60. The molecule has 0 aromatic heterocycles. The second-order valence-corrected chi connectivity index (χ2v) is 7.33. The van der Waals surface area contributed by atoms with Gasteiger partial charge in [-0.2, -0.15) is 23.5 Å². The van der Waals surface area contributed by atoms with Gasteiger partial charge in [-0.3, -0.25) is 4.79 Å². The first-order valence-electron chi connectivity index (χ1n) is 6.71. The van der Waals surface area contributed by atoms with Crippen molar-refractivity contribution in [3.05, 3.63) is 0 Å². The topological polar surface area (TPSA) is 55.8 Å². The van der Waals surface area contributed by atoms with E-state index in [0.29, 0.717) is 6.42 Å². The highest BCUT2D eigenvalue weighted by Crippen LogP contribution is 2.34. The van der Waals surface area contributed by atoms with E-state index in [1.165, 1.54) is 0 Å². The van der Waals surface area contributed by atoms with Crippen LogP contribution in [-0.4, -0.2) is 60.0 Å². The molecular formula is C13H22O4S2. The van der Waals surface area contributed by atoms with E-state index in [1.54, 1.807) is 18.9 Å². The summed E-state index contributed by atoms with van der Waals surface area (Å²) in [6.07, 6.45) is 0.950. The quantitative estimate of drug-likeness (QED) is 0.775. The molecule has 19 heavy (non-hydrogen) atoms. The average Bonchev–Trinajstić information content (AvgIpc) is 2.45. The normalized spacial score (nSPS) is 34.2. The summed E-state index contributed by atoms with van der Waals surface area (Å²) >= 11 is 3.60. The van der Waals surface area contributed by atoms with E-state index in [4.69, 9.17) is 9.47 Å². The lowest BCUT2D eigenvalue weighted by molar-refractivity contribution is -0.133. The van der Waals surface area contributed by atoms with Crippen molar-refractivity contribution in [1.82, 2.24) is 0 Å². The molecule has 0 radical (unpaired) electrons. The van der Waals surface area contributed by atoms with Crippen LogP contribution in [0.2, 0.25) is 0 Å². The standard InChI is InChI=1S/C13H22O4S2/c1-16-8-17-12-3-5-19-7-10(12)13(15)9-6-18-4-2-11(9)14/h9-10,12-13,15H,2-8H2,1H3/t9-,10+,12+,13+/m1/s1. The Balaban J connectivity index is 1.97. The number of thioether (sulfide) groups is 2. The van der Waals surface area contributed by atoms with Crippen LogP contribution in [0.25, 0.3) is 0 Å². The van der Waals surface area contributed by atoms with Crippen LogP contribution >= 0.6 is 23.5 Å². The van der Waals surface area contributed by atoms with Crippen molar-refractivity contribution in [3.8, 4) is 0 Å². The highest BCUT2D eigenvalue weighted by molar-refractivity contribution is 7.99. The van der Waals surface area contributed by atoms with E-state index >= 15 is 0 Å². The van der Waals surface area contributed by atoms with E-state index < -0.39 is 6.10 Å².